The summed E-state index contributed by atoms with van der Waals surface area (Å²) in [5, 5.41) is 0. The smallest absolute Gasteiger partial charge is 0.151 e. The van der Waals surface area contributed by atoms with E-state index in [4.69, 9.17) is 10.5 Å². The molecule has 1 aliphatic rings. The largest absolute Gasteiger partial charge is 0.489 e. The fourth-order valence-corrected chi connectivity index (χ4v) is 2.07. The van der Waals surface area contributed by atoms with Crippen molar-refractivity contribution in [2.75, 3.05) is 12.3 Å². The fourth-order valence-electron chi connectivity index (χ4n) is 2.07. The number of para-hydroxylation sites is 1. The number of hydrogen-bond donors (Lipinski definition) is 1. The van der Waals surface area contributed by atoms with Crippen molar-refractivity contribution in [2.45, 2.75) is 13.0 Å². The summed E-state index contributed by atoms with van der Waals surface area (Å²) in [7, 11) is 0. The first-order chi connectivity index (χ1) is 7.77. The Kier molecular flexibility index (Phi) is 1.89. The number of nitrogens with zero attached hydrogens (tertiary/aromatic N) is 2. The Morgan fingerprint density at radius 1 is 1.50 bits per heavy atom. The van der Waals surface area contributed by atoms with Crippen molar-refractivity contribution in [3.8, 4) is 17.0 Å². The van der Waals surface area contributed by atoms with E-state index in [-0.39, 0.29) is 6.04 Å². The molecule has 0 radical (unpaired) electrons. The van der Waals surface area contributed by atoms with Crippen LogP contribution in [0.1, 0.15) is 13.0 Å². The summed E-state index contributed by atoms with van der Waals surface area (Å²) in [6, 6.07) is 6.07. The molecular formula is C12H13N3O. The monoisotopic (exact) mass is 215 g/mol. The Bertz CT molecular complexity index is 533. The summed E-state index contributed by atoms with van der Waals surface area (Å²) in [6.45, 7) is 2.72. The van der Waals surface area contributed by atoms with E-state index < -0.39 is 0 Å². The van der Waals surface area contributed by atoms with Crippen LogP contribution in [-0.2, 0) is 0 Å². The van der Waals surface area contributed by atoms with Crippen LogP contribution in [0.4, 0.5) is 5.69 Å². The predicted molar refractivity (Wildman–Crippen MR) is 62.3 cm³/mol. The summed E-state index contributed by atoms with van der Waals surface area (Å²) < 4.78 is 7.88. The molecule has 0 amide bonds. The molecule has 0 bridgehead atoms. The minimum atomic E-state index is 0.268. The van der Waals surface area contributed by atoms with Crippen LogP contribution in [-0.4, -0.2) is 16.2 Å². The zero-order valence-corrected chi connectivity index (χ0v) is 9.05. The molecule has 1 aromatic heterocycles. The van der Waals surface area contributed by atoms with Crippen LogP contribution in [0.3, 0.4) is 0 Å². The summed E-state index contributed by atoms with van der Waals surface area (Å²) in [6.07, 6.45) is 3.69. The van der Waals surface area contributed by atoms with Crippen LogP contribution in [0.2, 0.25) is 0 Å². The number of nitrogens with two attached hydrogens (primary N) is 1. The molecule has 3 rings (SSSR count). The molecule has 1 atom stereocenters. The van der Waals surface area contributed by atoms with Crippen molar-refractivity contribution in [2.24, 2.45) is 0 Å². The molecule has 4 heteroatoms. The highest BCUT2D eigenvalue weighted by atomic mass is 16.5. The zero-order chi connectivity index (χ0) is 11.1. The van der Waals surface area contributed by atoms with E-state index in [0.29, 0.717) is 12.3 Å². The maximum absolute atomic E-state index is 5.93. The third-order valence-electron chi connectivity index (χ3n) is 2.93. The molecular weight excluding hydrogens is 202 g/mol. The van der Waals surface area contributed by atoms with Gasteiger partial charge in [-0.2, -0.15) is 0 Å². The topological polar surface area (TPSA) is 53.1 Å². The second-order valence-corrected chi connectivity index (χ2v) is 4.07. The lowest BCUT2D eigenvalue weighted by atomic mass is 10.1. The number of ether oxygens (including phenoxy) is 1. The summed E-state index contributed by atoms with van der Waals surface area (Å²) in [4.78, 5) is 4.19. The molecule has 4 nitrogen and oxygen atoms in total. The van der Waals surface area contributed by atoms with Gasteiger partial charge in [0.25, 0.3) is 0 Å². The van der Waals surface area contributed by atoms with E-state index in [0.717, 1.165) is 17.0 Å². The van der Waals surface area contributed by atoms with Gasteiger partial charge < -0.3 is 15.0 Å². The standard InChI is InChI=1S/C12H13N3O/c1-8-6-16-12-9(3-2-4-10(12)13)11-5-14-7-15(8)11/h2-5,7-8H,6,13H2,1H3/t8-/m0/s1. The Labute approximate surface area is 93.7 Å². The summed E-state index contributed by atoms with van der Waals surface area (Å²) >= 11 is 0. The van der Waals surface area contributed by atoms with Gasteiger partial charge >= 0.3 is 0 Å². The van der Waals surface area contributed by atoms with Crippen molar-refractivity contribution in [3.63, 3.8) is 0 Å². The van der Waals surface area contributed by atoms with Crippen LogP contribution in [0.5, 0.6) is 5.75 Å². The molecule has 2 aromatic rings. The van der Waals surface area contributed by atoms with Gasteiger partial charge in [-0.1, -0.05) is 6.07 Å². The number of aromatic nitrogens is 2. The highest BCUT2D eigenvalue weighted by Gasteiger charge is 2.21. The quantitative estimate of drug-likeness (QED) is 0.684. The molecule has 2 N–H and O–H groups in total. The Hall–Kier alpha value is -1.97. The molecule has 0 unspecified atom stereocenters. The molecule has 0 saturated heterocycles. The molecule has 16 heavy (non-hydrogen) atoms. The van der Waals surface area contributed by atoms with E-state index in [1.807, 2.05) is 30.7 Å². The molecule has 0 fully saturated rings. The van der Waals surface area contributed by atoms with Crippen molar-refractivity contribution >= 4 is 5.69 Å². The van der Waals surface area contributed by atoms with Crippen LogP contribution in [0.25, 0.3) is 11.3 Å². The fraction of sp³-hybridized carbons (Fsp3) is 0.250. The molecule has 1 aliphatic heterocycles. The third-order valence-corrected chi connectivity index (χ3v) is 2.93. The normalized spacial score (nSPS) is 18.2. The number of rotatable bonds is 0. The van der Waals surface area contributed by atoms with Crippen molar-refractivity contribution in [1.29, 1.82) is 0 Å². The minimum Gasteiger partial charge on any atom is -0.489 e. The highest BCUT2D eigenvalue weighted by Crippen LogP contribution is 2.38. The van der Waals surface area contributed by atoms with Gasteiger partial charge in [-0.25, -0.2) is 4.98 Å². The zero-order valence-electron chi connectivity index (χ0n) is 9.05. The Morgan fingerprint density at radius 2 is 2.38 bits per heavy atom. The number of benzene rings is 1. The van der Waals surface area contributed by atoms with Crippen LogP contribution in [0, 0.1) is 0 Å². The van der Waals surface area contributed by atoms with E-state index in [2.05, 4.69) is 16.5 Å². The van der Waals surface area contributed by atoms with Gasteiger partial charge in [0.1, 0.15) is 6.61 Å². The van der Waals surface area contributed by atoms with Gasteiger partial charge in [0.2, 0.25) is 0 Å². The molecule has 82 valence electrons. The molecule has 0 aliphatic carbocycles. The van der Waals surface area contributed by atoms with Crippen molar-refractivity contribution < 1.29 is 4.74 Å². The second kappa shape index (κ2) is 3.27. The SMILES string of the molecule is C[C@H]1COc2c(N)cccc2-c2cncn21. The average molecular weight is 215 g/mol. The first-order valence-corrected chi connectivity index (χ1v) is 5.31. The predicted octanol–water partition coefficient (Wildman–Crippen LogP) is 2.09. The van der Waals surface area contributed by atoms with Crippen molar-refractivity contribution in [3.05, 3.63) is 30.7 Å². The van der Waals surface area contributed by atoms with Gasteiger partial charge in [-0.05, 0) is 19.1 Å². The van der Waals surface area contributed by atoms with E-state index in [1.54, 1.807) is 0 Å². The van der Waals surface area contributed by atoms with Crippen LogP contribution in [0.15, 0.2) is 30.7 Å². The number of fused-ring (bicyclic) bond motifs is 3. The first kappa shape index (κ1) is 9.27. The number of anilines is 1. The minimum absolute atomic E-state index is 0.268. The maximum Gasteiger partial charge on any atom is 0.151 e. The van der Waals surface area contributed by atoms with Gasteiger partial charge in [-0.3, -0.25) is 0 Å². The molecule has 1 aromatic carbocycles. The van der Waals surface area contributed by atoms with E-state index in [9.17, 15) is 0 Å². The molecule has 0 spiro atoms. The van der Waals surface area contributed by atoms with Gasteiger partial charge in [0.15, 0.2) is 5.75 Å². The number of nitrogen functional groups attached to an aromatic ring is 1. The first-order valence-electron chi connectivity index (χ1n) is 5.31. The van der Waals surface area contributed by atoms with E-state index in [1.165, 1.54) is 0 Å². The van der Waals surface area contributed by atoms with Crippen molar-refractivity contribution in [1.82, 2.24) is 9.55 Å². The van der Waals surface area contributed by atoms with Gasteiger partial charge in [-0.15, -0.1) is 0 Å². The average Bonchev–Trinajstić information content (AvgIpc) is 2.71. The number of imidazole rings is 1. The lowest BCUT2D eigenvalue weighted by molar-refractivity contribution is 0.270. The maximum atomic E-state index is 5.93. The van der Waals surface area contributed by atoms with Gasteiger partial charge in [0.05, 0.1) is 29.9 Å². The number of hydrogen-bond acceptors (Lipinski definition) is 3. The lowest BCUT2D eigenvalue weighted by Gasteiger charge is -2.11. The Balaban J connectivity index is 2.29. The third kappa shape index (κ3) is 1.19. The summed E-state index contributed by atoms with van der Waals surface area (Å²) in [5.74, 6) is 0.772. The summed E-state index contributed by atoms with van der Waals surface area (Å²) in [5.41, 5.74) is 8.69. The van der Waals surface area contributed by atoms with Crippen LogP contribution >= 0.6 is 0 Å². The van der Waals surface area contributed by atoms with Gasteiger partial charge in [0, 0.05) is 5.56 Å². The molecule has 0 saturated carbocycles. The van der Waals surface area contributed by atoms with Crippen LogP contribution < -0.4 is 10.5 Å². The highest BCUT2D eigenvalue weighted by molar-refractivity contribution is 5.75. The van der Waals surface area contributed by atoms with E-state index >= 15 is 0 Å². The Morgan fingerprint density at radius 3 is 3.25 bits per heavy atom. The lowest BCUT2D eigenvalue weighted by Crippen LogP contribution is -2.11. The molecule has 2 heterocycles. The second-order valence-electron chi connectivity index (χ2n) is 4.07.